The van der Waals surface area contributed by atoms with Gasteiger partial charge in [0.15, 0.2) is 0 Å². The Morgan fingerprint density at radius 3 is 2.47 bits per heavy atom. The molecule has 0 unspecified atom stereocenters. The molecular weight excluding hydrogens is 252 g/mol. The second-order valence-corrected chi connectivity index (χ2v) is 7.12. The Hall–Kier alpha value is -0.930. The van der Waals surface area contributed by atoms with Gasteiger partial charge in [0, 0.05) is 29.6 Å². The fourth-order valence-electron chi connectivity index (χ4n) is 2.42. The molecule has 1 aromatic heterocycles. The van der Waals surface area contributed by atoms with E-state index in [4.69, 9.17) is 5.73 Å². The standard InChI is InChI=1S/C16H24N2S/c1-11(2)18-15(10-19-12(3)4)8-14-6-5-13(9-17)7-16(14)18/h5-8,11-12H,9-10,17H2,1-4H3. The maximum absolute atomic E-state index is 5.76. The zero-order chi connectivity index (χ0) is 14.0. The molecule has 0 saturated carbocycles. The Balaban J connectivity index is 2.48. The van der Waals surface area contributed by atoms with Crippen LogP contribution in [-0.2, 0) is 12.3 Å². The van der Waals surface area contributed by atoms with Crippen molar-refractivity contribution in [3.8, 4) is 0 Å². The predicted octanol–water partition coefficient (Wildman–Crippen LogP) is 4.32. The lowest BCUT2D eigenvalue weighted by atomic mass is 10.1. The van der Waals surface area contributed by atoms with Crippen LogP contribution in [0.15, 0.2) is 24.3 Å². The number of fused-ring (bicyclic) bond motifs is 1. The van der Waals surface area contributed by atoms with Gasteiger partial charge in [0.05, 0.1) is 0 Å². The summed E-state index contributed by atoms with van der Waals surface area (Å²) in [4.78, 5) is 0. The summed E-state index contributed by atoms with van der Waals surface area (Å²) in [5.74, 6) is 1.07. The smallest absolute Gasteiger partial charge is 0.0488 e. The van der Waals surface area contributed by atoms with Gasteiger partial charge in [-0.3, -0.25) is 0 Å². The number of aromatic nitrogens is 1. The first-order chi connectivity index (χ1) is 9.02. The molecule has 2 nitrogen and oxygen atoms in total. The minimum atomic E-state index is 0.480. The molecule has 104 valence electrons. The zero-order valence-corrected chi connectivity index (χ0v) is 13.1. The number of benzene rings is 1. The molecular formula is C16H24N2S. The molecule has 0 aliphatic carbocycles. The monoisotopic (exact) mass is 276 g/mol. The summed E-state index contributed by atoms with van der Waals surface area (Å²) in [6.45, 7) is 9.60. The Morgan fingerprint density at radius 2 is 1.89 bits per heavy atom. The fraction of sp³-hybridized carbons (Fsp3) is 0.500. The first-order valence-corrected chi connectivity index (χ1v) is 8.02. The normalized spacial score (nSPS) is 11.9. The number of hydrogen-bond acceptors (Lipinski definition) is 2. The van der Waals surface area contributed by atoms with Crippen LogP contribution in [0.1, 0.15) is 45.0 Å². The molecule has 3 heteroatoms. The minimum absolute atomic E-state index is 0.480. The molecule has 1 aromatic carbocycles. The first kappa shape index (κ1) is 14.5. The summed E-state index contributed by atoms with van der Waals surface area (Å²) in [5, 5.41) is 1.99. The number of nitrogens with zero attached hydrogens (tertiary/aromatic N) is 1. The molecule has 0 aliphatic rings. The van der Waals surface area contributed by atoms with E-state index in [9.17, 15) is 0 Å². The minimum Gasteiger partial charge on any atom is -0.341 e. The van der Waals surface area contributed by atoms with E-state index in [1.807, 2.05) is 11.8 Å². The Morgan fingerprint density at radius 1 is 1.16 bits per heavy atom. The topological polar surface area (TPSA) is 30.9 Å². The van der Waals surface area contributed by atoms with Crippen molar-refractivity contribution in [1.29, 1.82) is 0 Å². The van der Waals surface area contributed by atoms with Crippen LogP contribution in [-0.4, -0.2) is 9.82 Å². The van der Waals surface area contributed by atoms with Gasteiger partial charge >= 0.3 is 0 Å². The predicted molar refractivity (Wildman–Crippen MR) is 86.6 cm³/mol. The SMILES string of the molecule is CC(C)SCc1cc2ccc(CN)cc2n1C(C)C. The Bertz CT molecular complexity index is 555. The fourth-order valence-corrected chi connectivity index (χ4v) is 3.15. The van der Waals surface area contributed by atoms with Gasteiger partial charge in [-0.15, -0.1) is 0 Å². The van der Waals surface area contributed by atoms with Crippen molar-refractivity contribution in [3.63, 3.8) is 0 Å². The third-order valence-electron chi connectivity index (χ3n) is 3.30. The summed E-state index contributed by atoms with van der Waals surface area (Å²) in [7, 11) is 0. The average Bonchev–Trinajstić information content (AvgIpc) is 2.73. The van der Waals surface area contributed by atoms with Crippen molar-refractivity contribution in [3.05, 3.63) is 35.5 Å². The van der Waals surface area contributed by atoms with Crippen LogP contribution in [0.3, 0.4) is 0 Å². The molecule has 2 N–H and O–H groups in total. The van der Waals surface area contributed by atoms with E-state index < -0.39 is 0 Å². The van der Waals surface area contributed by atoms with Crippen LogP contribution < -0.4 is 5.73 Å². The summed E-state index contributed by atoms with van der Waals surface area (Å²) in [6, 6.07) is 9.37. The maximum Gasteiger partial charge on any atom is 0.0488 e. The van der Waals surface area contributed by atoms with Crippen molar-refractivity contribution in [2.75, 3.05) is 0 Å². The third-order valence-corrected chi connectivity index (χ3v) is 4.43. The number of thioether (sulfide) groups is 1. The van der Waals surface area contributed by atoms with Gasteiger partial charge in [-0.2, -0.15) is 11.8 Å². The van der Waals surface area contributed by atoms with Gasteiger partial charge in [0.25, 0.3) is 0 Å². The maximum atomic E-state index is 5.76. The van der Waals surface area contributed by atoms with Crippen LogP contribution >= 0.6 is 11.8 Å². The highest BCUT2D eigenvalue weighted by Crippen LogP contribution is 2.28. The van der Waals surface area contributed by atoms with Crippen LogP contribution in [0, 0.1) is 0 Å². The van der Waals surface area contributed by atoms with Crippen LogP contribution in [0.4, 0.5) is 0 Å². The lowest BCUT2D eigenvalue weighted by Gasteiger charge is -2.15. The second kappa shape index (κ2) is 6.02. The van der Waals surface area contributed by atoms with E-state index in [1.165, 1.54) is 22.2 Å². The summed E-state index contributed by atoms with van der Waals surface area (Å²) in [6.07, 6.45) is 0. The largest absolute Gasteiger partial charge is 0.341 e. The van der Waals surface area contributed by atoms with E-state index in [0.29, 0.717) is 17.8 Å². The highest BCUT2D eigenvalue weighted by atomic mass is 32.2. The van der Waals surface area contributed by atoms with Crippen LogP contribution in [0.25, 0.3) is 10.9 Å². The molecule has 0 amide bonds. The highest BCUT2D eigenvalue weighted by Gasteiger charge is 2.12. The lowest BCUT2D eigenvalue weighted by Crippen LogP contribution is -2.06. The van der Waals surface area contributed by atoms with Gasteiger partial charge in [-0.1, -0.05) is 26.0 Å². The van der Waals surface area contributed by atoms with E-state index in [0.717, 1.165) is 5.75 Å². The zero-order valence-electron chi connectivity index (χ0n) is 12.3. The summed E-state index contributed by atoms with van der Waals surface area (Å²) >= 11 is 2.00. The Kier molecular flexibility index (Phi) is 4.58. The molecule has 0 atom stereocenters. The van der Waals surface area contributed by atoms with Gasteiger partial charge in [0.2, 0.25) is 0 Å². The van der Waals surface area contributed by atoms with Gasteiger partial charge in [-0.05, 0) is 42.2 Å². The lowest BCUT2D eigenvalue weighted by molar-refractivity contribution is 0.605. The van der Waals surface area contributed by atoms with Crippen LogP contribution in [0.5, 0.6) is 0 Å². The van der Waals surface area contributed by atoms with Crippen molar-refractivity contribution >= 4 is 22.7 Å². The van der Waals surface area contributed by atoms with Crippen molar-refractivity contribution in [2.24, 2.45) is 5.73 Å². The molecule has 19 heavy (non-hydrogen) atoms. The van der Waals surface area contributed by atoms with Crippen molar-refractivity contribution in [2.45, 2.75) is 51.3 Å². The van der Waals surface area contributed by atoms with E-state index >= 15 is 0 Å². The second-order valence-electron chi connectivity index (χ2n) is 5.56. The number of nitrogens with two attached hydrogens (primary N) is 1. The highest BCUT2D eigenvalue weighted by molar-refractivity contribution is 7.99. The quantitative estimate of drug-likeness (QED) is 0.881. The average molecular weight is 276 g/mol. The molecule has 2 aromatic rings. The van der Waals surface area contributed by atoms with Crippen molar-refractivity contribution in [1.82, 2.24) is 4.57 Å². The molecule has 0 bridgehead atoms. The molecule has 0 radical (unpaired) electrons. The third kappa shape index (κ3) is 3.15. The van der Waals surface area contributed by atoms with E-state index in [2.05, 4.69) is 56.5 Å². The van der Waals surface area contributed by atoms with Gasteiger partial charge in [0.1, 0.15) is 0 Å². The van der Waals surface area contributed by atoms with Gasteiger partial charge in [-0.25, -0.2) is 0 Å². The van der Waals surface area contributed by atoms with Crippen LogP contribution in [0.2, 0.25) is 0 Å². The molecule has 1 heterocycles. The number of rotatable bonds is 5. The van der Waals surface area contributed by atoms with E-state index in [-0.39, 0.29) is 0 Å². The Labute approximate surface area is 120 Å². The number of hydrogen-bond donors (Lipinski definition) is 1. The molecule has 2 rings (SSSR count). The molecule has 0 fully saturated rings. The van der Waals surface area contributed by atoms with E-state index in [1.54, 1.807) is 0 Å². The first-order valence-electron chi connectivity index (χ1n) is 6.97. The van der Waals surface area contributed by atoms with Crippen molar-refractivity contribution < 1.29 is 0 Å². The summed E-state index contributed by atoms with van der Waals surface area (Å²) in [5.41, 5.74) is 9.69. The molecule has 0 spiro atoms. The molecule has 0 aliphatic heterocycles. The molecule has 0 saturated heterocycles. The van der Waals surface area contributed by atoms with Gasteiger partial charge < -0.3 is 10.3 Å². The summed E-state index contributed by atoms with van der Waals surface area (Å²) < 4.78 is 2.45.